The normalized spacial score (nSPS) is 27.0. The lowest BCUT2D eigenvalue weighted by molar-refractivity contribution is 0.349. The minimum absolute atomic E-state index is 0.212. The Balaban J connectivity index is 2.03. The van der Waals surface area contributed by atoms with Gasteiger partial charge < -0.3 is 0 Å². The summed E-state index contributed by atoms with van der Waals surface area (Å²) >= 11 is 2.45. The molecule has 2 aromatic rings. The molecule has 0 saturated carbocycles. The van der Waals surface area contributed by atoms with Crippen molar-refractivity contribution in [1.82, 2.24) is 0 Å². The van der Waals surface area contributed by atoms with Crippen LogP contribution in [-0.4, -0.2) is 0 Å². The van der Waals surface area contributed by atoms with Crippen LogP contribution in [0.15, 0.2) is 42.5 Å². The summed E-state index contributed by atoms with van der Waals surface area (Å²) in [4.78, 5) is 0. The summed E-state index contributed by atoms with van der Waals surface area (Å²) in [7, 11) is 0. The molecule has 0 bridgehead atoms. The van der Waals surface area contributed by atoms with E-state index in [4.69, 9.17) is 0 Å². The lowest BCUT2D eigenvalue weighted by atomic mass is 9.72. The third kappa shape index (κ3) is 1.81. The van der Waals surface area contributed by atoms with Crippen LogP contribution in [0.25, 0.3) is 0 Å². The zero-order valence-corrected chi connectivity index (χ0v) is 16.0. The molecule has 0 aliphatic heterocycles. The average molecular weight is 402 g/mol. The molecule has 2 aliphatic carbocycles. The van der Waals surface area contributed by atoms with Crippen LogP contribution in [-0.2, 0) is 16.2 Å². The van der Waals surface area contributed by atoms with Gasteiger partial charge in [0, 0.05) is 8.99 Å². The lowest BCUT2D eigenvalue weighted by Crippen LogP contribution is -2.26. The lowest BCUT2D eigenvalue weighted by Gasteiger charge is -2.30. The molecule has 0 fully saturated rings. The van der Waals surface area contributed by atoms with Crippen LogP contribution in [0.1, 0.15) is 62.8 Å². The molecule has 1 unspecified atom stereocenters. The molecule has 1 spiro atoms. The molecule has 0 aromatic heterocycles. The number of benzene rings is 2. The highest BCUT2D eigenvalue weighted by molar-refractivity contribution is 14.1. The Kier molecular flexibility index (Phi) is 2.93. The Hall–Kier alpha value is -0.830. The van der Waals surface area contributed by atoms with Crippen molar-refractivity contribution < 1.29 is 0 Å². The highest BCUT2D eigenvalue weighted by Gasteiger charge is 2.55. The van der Waals surface area contributed by atoms with Crippen LogP contribution in [0, 0.1) is 3.57 Å². The van der Waals surface area contributed by atoms with Crippen LogP contribution < -0.4 is 0 Å². The Labute approximate surface area is 147 Å². The number of hydrogen-bond acceptors (Lipinski definition) is 0. The van der Waals surface area contributed by atoms with Crippen molar-refractivity contribution in [3.05, 3.63) is 68.3 Å². The quantitative estimate of drug-likeness (QED) is 0.479. The fourth-order valence-corrected chi connectivity index (χ4v) is 5.76. The largest absolute Gasteiger partial charge is 0.0620 e. The van der Waals surface area contributed by atoms with Gasteiger partial charge in [0.1, 0.15) is 0 Å². The second-order valence-electron chi connectivity index (χ2n) is 8.44. The van der Waals surface area contributed by atoms with Gasteiger partial charge in [-0.25, -0.2) is 0 Å². The van der Waals surface area contributed by atoms with Crippen LogP contribution in [0.2, 0.25) is 0 Å². The molecule has 1 heteroatoms. The SMILES string of the molecule is CC1(C)CC2(CC(C)(C)c3cc(I)ccc32)c2ccccc21. The van der Waals surface area contributed by atoms with E-state index in [1.165, 1.54) is 16.4 Å². The molecule has 2 aliphatic rings. The third-order valence-corrected chi connectivity index (χ3v) is 6.56. The van der Waals surface area contributed by atoms with E-state index in [9.17, 15) is 0 Å². The van der Waals surface area contributed by atoms with Crippen molar-refractivity contribution in [3.8, 4) is 0 Å². The zero-order valence-electron chi connectivity index (χ0n) is 13.8. The molecule has 0 nitrogen and oxygen atoms in total. The van der Waals surface area contributed by atoms with Crippen molar-refractivity contribution in [1.29, 1.82) is 0 Å². The summed E-state index contributed by atoms with van der Waals surface area (Å²) in [6.07, 6.45) is 2.46. The molecule has 4 rings (SSSR count). The first-order valence-corrected chi connectivity index (χ1v) is 9.25. The predicted molar refractivity (Wildman–Crippen MR) is 102 cm³/mol. The van der Waals surface area contributed by atoms with Gasteiger partial charge in [0.25, 0.3) is 0 Å². The van der Waals surface area contributed by atoms with Gasteiger partial charge in [-0.2, -0.15) is 0 Å². The van der Waals surface area contributed by atoms with Gasteiger partial charge in [-0.3, -0.25) is 0 Å². The second kappa shape index (κ2) is 4.37. The van der Waals surface area contributed by atoms with Gasteiger partial charge in [-0.1, -0.05) is 58.0 Å². The first kappa shape index (κ1) is 14.7. The topological polar surface area (TPSA) is 0 Å². The van der Waals surface area contributed by atoms with E-state index in [0.717, 1.165) is 0 Å². The Morgan fingerprint density at radius 1 is 0.727 bits per heavy atom. The number of halogens is 1. The first-order chi connectivity index (χ1) is 10.3. The second-order valence-corrected chi connectivity index (χ2v) is 9.68. The summed E-state index contributed by atoms with van der Waals surface area (Å²) in [5.74, 6) is 0. The molecule has 0 radical (unpaired) electrons. The van der Waals surface area contributed by atoms with Crippen LogP contribution in [0.4, 0.5) is 0 Å². The maximum absolute atomic E-state index is 2.45. The molecular weight excluding hydrogens is 379 g/mol. The minimum Gasteiger partial charge on any atom is -0.0620 e. The molecule has 2 aromatic carbocycles. The van der Waals surface area contributed by atoms with Crippen molar-refractivity contribution >= 4 is 22.6 Å². The minimum atomic E-state index is 0.212. The average Bonchev–Trinajstić information content (AvgIpc) is 2.80. The van der Waals surface area contributed by atoms with Crippen LogP contribution in [0.3, 0.4) is 0 Å². The summed E-state index contributed by atoms with van der Waals surface area (Å²) in [6.45, 7) is 9.67. The fraction of sp³-hybridized carbons (Fsp3) is 0.429. The smallest absolute Gasteiger partial charge is 0.0225 e. The highest BCUT2D eigenvalue weighted by Crippen LogP contribution is 2.62. The van der Waals surface area contributed by atoms with E-state index in [1.807, 2.05) is 0 Å². The monoisotopic (exact) mass is 402 g/mol. The summed E-state index contributed by atoms with van der Waals surface area (Å²) in [5, 5.41) is 0. The van der Waals surface area contributed by atoms with E-state index >= 15 is 0 Å². The molecule has 0 heterocycles. The number of rotatable bonds is 0. The maximum Gasteiger partial charge on any atom is 0.0225 e. The van der Waals surface area contributed by atoms with Crippen molar-refractivity contribution in [2.75, 3.05) is 0 Å². The molecule has 1 atom stereocenters. The van der Waals surface area contributed by atoms with Crippen LogP contribution >= 0.6 is 22.6 Å². The predicted octanol–water partition coefficient (Wildman–Crippen LogP) is 5.94. The van der Waals surface area contributed by atoms with Crippen molar-refractivity contribution in [3.63, 3.8) is 0 Å². The van der Waals surface area contributed by atoms with Gasteiger partial charge in [-0.15, -0.1) is 0 Å². The first-order valence-electron chi connectivity index (χ1n) is 8.17. The molecule has 0 saturated heterocycles. The number of fused-ring (bicyclic) bond motifs is 4. The third-order valence-electron chi connectivity index (χ3n) is 5.89. The Bertz CT molecular complexity index is 769. The standard InChI is InChI=1S/C21H23I/c1-19(2)12-21(16-8-6-5-7-15(16)19)13-20(3,4)18-11-14(22)9-10-17(18)21/h5-11H,12-13H2,1-4H3. The maximum atomic E-state index is 2.45. The molecular formula is C21H23I. The summed E-state index contributed by atoms with van der Waals surface area (Å²) < 4.78 is 1.35. The highest BCUT2D eigenvalue weighted by atomic mass is 127. The summed E-state index contributed by atoms with van der Waals surface area (Å²) in [6, 6.07) is 16.3. The zero-order chi connectivity index (χ0) is 15.8. The van der Waals surface area contributed by atoms with E-state index in [2.05, 4.69) is 92.8 Å². The van der Waals surface area contributed by atoms with Crippen molar-refractivity contribution in [2.45, 2.75) is 56.8 Å². The number of hydrogen-bond donors (Lipinski definition) is 0. The van der Waals surface area contributed by atoms with Gasteiger partial charge in [-0.05, 0) is 80.6 Å². The van der Waals surface area contributed by atoms with Gasteiger partial charge in [0.05, 0.1) is 0 Å². The van der Waals surface area contributed by atoms with Gasteiger partial charge >= 0.3 is 0 Å². The van der Waals surface area contributed by atoms with Crippen LogP contribution in [0.5, 0.6) is 0 Å². The Morgan fingerprint density at radius 3 is 1.95 bits per heavy atom. The molecule has 22 heavy (non-hydrogen) atoms. The fourth-order valence-electron chi connectivity index (χ4n) is 5.27. The Morgan fingerprint density at radius 2 is 1.27 bits per heavy atom. The molecule has 0 N–H and O–H groups in total. The molecule has 114 valence electrons. The van der Waals surface area contributed by atoms with Gasteiger partial charge in [0.15, 0.2) is 0 Å². The van der Waals surface area contributed by atoms with E-state index in [0.29, 0.717) is 0 Å². The van der Waals surface area contributed by atoms with Gasteiger partial charge in [0.2, 0.25) is 0 Å². The van der Waals surface area contributed by atoms with E-state index in [-0.39, 0.29) is 16.2 Å². The van der Waals surface area contributed by atoms with E-state index < -0.39 is 0 Å². The summed E-state index contributed by atoms with van der Waals surface area (Å²) in [5.41, 5.74) is 7.00. The molecule has 0 amide bonds. The van der Waals surface area contributed by atoms with Crippen molar-refractivity contribution in [2.24, 2.45) is 0 Å². The van der Waals surface area contributed by atoms with E-state index in [1.54, 1.807) is 22.3 Å².